The van der Waals surface area contributed by atoms with E-state index < -0.39 is 17.1 Å². The van der Waals surface area contributed by atoms with Crippen LogP contribution in [0.25, 0.3) is 28.0 Å². The van der Waals surface area contributed by atoms with Crippen LogP contribution in [-0.4, -0.2) is 19.3 Å². The van der Waals surface area contributed by atoms with Crippen LogP contribution in [0.4, 0.5) is 4.39 Å². The fraction of sp³-hybridized carbons (Fsp3) is 0.120. The zero-order valence-corrected chi connectivity index (χ0v) is 18.8. The van der Waals surface area contributed by atoms with Crippen molar-refractivity contribution in [2.75, 3.05) is 0 Å². The number of para-hydroxylation sites is 1. The first-order valence-electron chi connectivity index (χ1n) is 10.6. The van der Waals surface area contributed by atoms with Crippen molar-refractivity contribution < 1.29 is 8.91 Å². The molecule has 0 amide bonds. The van der Waals surface area contributed by atoms with Crippen molar-refractivity contribution in [3.05, 3.63) is 110 Å². The molecule has 9 heteroatoms. The van der Waals surface area contributed by atoms with E-state index in [2.05, 4.69) is 10.1 Å². The minimum atomic E-state index is -0.554. The second kappa shape index (κ2) is 8.72. The smallest absolute Gasteiger partial charge is 0.336 e. The summed E-state index contributed by atoms with van der Waals surface area (Å²) >= 11 is 5.86. The van der Waals surface area contributed by atoms with Crippen LogP contribution < -0.4 is 11.2 Å². The maximum atomic E-state index is 13.5. The zero-order valence-electron chi connectivity index (χ0n) is 18.0. The molecular weight excluding hydrogens is 459 g/mol. The van der Waals surface area contributed by atoms with Crippen molar-refractivity contribution >= 4 is 22.5 Å². The summed E-state index contributed by atoms with van der Waals surface area (Å²) in [7, 11) is 0. The lowest BCUT2D eigenvalue weighted by molar-refractivity contribution is 0.370. The SMILES string of the molecule is CCc1ccc(-n2c(=O)c3ccccc3n(Cc3nc(-c4ccc(F)c(Cl)c4)no3)c2=O)cc1. The van der Waals surface area contributed by atoms with Crippen LogP contribution in [0.5, 0.6) is 0 Å². The summed E-state index contributed by atoms with van der Waals surface area (Å²) in [5.74, 6) is -0.201. The van der Waals surface area contributed by atoms with Crippen LogP contribution in [0.3, 0.4) is 0 Å². The Kier molecular flexibility index (Phi) is 5.59. The average molecular weight is 477 g/mol. The van der Waals surface area contributed by atoms with Gasteiger partial charge in [0.1, 0.15) is 12.4 Å². The molecule has 0 unspecified atom stereocenters. The molecule has 0 saturated carbocycles. The molecule has 170 valence electrons. The van der Waals surface area contributed by atoms with E-state index in [1.54, 1.807) is 36.4 Å². The van der Waals surface area contributed by atoms with Crippen LogP contribution in [-0.2, 0) is 13.0 Å². The van der Waals surface area contributed by atoms with Gasteiger partial charge in [0, 0.05) is 5.56 Å². The predicted molar refractivity (Wildman–Crippen MR) is 127 cm³/mol. The molecule has 7 nitrogen and oxygen atoms in total. The molecule has 0 fully saturated rings. The predicted octanol–water partition coefficient (Wildman–Crippen LogP) is 4.61. The highest BCUT2D eigenvalue weighted by Gasteiger charge is 2.18. The molecule has 2 aromatic heterocycles. The Balaban J connectivity index is 1.62. The van der Waals surface area contributed by atoms with Crippen molar-refractivity contribution in [2.24, 2.45) is 0 Å². The largest absolute Gasteiger partial charge is 0.337 e. The van der Waals surface area contributed by atoms with Gasteiger partial charge in [0.2, 0.25) is 11.7 Å². The molecule has 0 aliphatic rings. The summed E-state index contributed by atoms with van der Waals surface area (Å²) in [6, 6.07) is 18.2. The Labute approximate surface area is 197 Å². The van der Waals surface area contributed by atoms with Gasteiger partial charge in [-0.05, 0) is 54.4 Å². The number of benzene rings is 3. The minimum absolute atomic E-state index is 0.0609. The molecule has 0 atom stereocenters. The highest BCUT2D eigenvalue weighted by atomic mass is 35.5. The van der Waals surface area contributed by atoms with E-state index >= 15 is 0 Å². The Morgan fingerprint density at radius 1 is 1.03 bits per heavy atom. The van der Waals surface area contributed by atoms with E-state index in [9.17, 15) is 14.0 Å². The second-order valence-corrected chi connectivity index (χ2v) is 8.09. The Morgan fingerprint density at radius 3 is 2.53 bits per heavy atom. The van der Waals surface area contributed by atoms with E-state index in [1.165, 1.54) is 22.8 Å². The van der Waals surface area contributed by atoms with Crippen LogP contribution in [0.2, 0.25) is 5.02 Å². The first-order valence-corrected chi connectivity index (χ1v) is 11.0. The third kappa shape index (κ3) is 3.82. The maximum Gasteiger partial charge on any atom is 0.336 e. The van der Waals surface area contributed by atoms with Crippen molar-refractivity contribution in [3.8, 4) is 17.1 Å². The normalized spacial score (nSPS) is 11.3. The first kappa shape index (κ1) is 21.8. The van der Waals surface area contributed by atoms with Gasteiger partial charge in [-0.15, -0.1) is 0 Å². The van der Waals surface area contributed by atoms with Crippen molar-refractivity contribution in [1.29, 1.82) is 0 Å². The Hall–Kier alpha value is -4.04. The lowest BCUT2D eigenvalue weighted by Crippen LogP contribution is -2.39. The summed E-state index contributed by atoms with van der Waals surface area (Å²) in [5.41, 5.74) is 1.55. The summed E-state index contributed by atoms with van der Waals surface area (Å²) in [5, 5.41) is 4.25. The van der Waals surface area contributed by atoms with Gasteiger partial charge < -0.3 is 4.52 Å². The van der Waals surface area contributed by atoms with Gasteiger partial charge >= 0.3 is 5.69 Å². The zero-order chi connectivity index (χ0) is 23.8. The topological polar surface area (TPSA) is 82.9 Å². The number of hydrogen-bond acceptors (Lipinski definition) is 5. The van der Waals surface area contributed by atoms with Gasteiger partial charge in [-0.2, -0.15) is 4.98 Å². The van der Waals surface area contributed by atoms with Gasteiger partial charge in [-0.25, -0.2) is 13.8 Å². The molecule has 5 rings (SSSR count). The quantitative estimate of drug-likeness (QED) is 0.370. The number of rotatable bonds is 5. The molecule has 0 spiro atoms. The molecule has 5 aromatic rings. The summed E-state index contributed by atoms with van der Waals surface area (Å²) in [4.78, 5) is 31.0. The Bertz CT molecular complexity index is 1640. The molecule has 0 aliphatic heterocycles. The second-order valence-electron chi connectivity index (χ2n) is 7.69. The number of hydrogen-bond donors (Lipinski definition) is 0. The van der Waals surface area contributed by atoms with Crippen LogP contribution in [0, 0.1) is 5.82 Å². The monoisotopic (exact) mass is 476 g/mol. The number of halogens is 2. The molecule has 0 radical (unpaired) electrons. The molecule has 0 bridgehead atoms. The number of nitrogens with zero attached hydrogens (tertiary/aromatic N) is 4. The van der Waals surface area contributed by atoms with Crippen LogP contribution in [0.15, 0.2) is 80.8 Å². The molecular formula is C25H18ClFN4O3. The summed E-state index contributed by atoms with van der Waals surface area (Å²) in [6.45, 7) is 1.97. The fourth-order valence-corrected chi connectivity index (χ4v) is 3.97. The number of aryl methyl sites for hydroxylation is 1. The molecule has 2 heterocycles. The lowest BCUT2D eigenvalue weighted by atomic mass is 10.1. The highest BCUT2D eigenvalue weighted by molar-refractivity contribution is 6.31. The molecule has 0 aliphatic carbocycles. The molecule has 34 heavy (non-hydrogen) atoms. The number of aromatic nitrogens is 4. The van der Waals surface area contributed by atoms with Crippen LogP contribution >= 0.6 is 11.6 Å². The van der Waals surface area contributed by atoms with Crippen molar-refractivity contribution in [3.63, 3.8) is 0 Å². The van der Waals surface area contributed by atoms with Gasteiger partial charge in [0.15, 0.2) is 0 Å². The standard InChI is InChI=1S/C25H18ClFN4O3/c1-2-15-7-10-17(11-8-15)31-24(32)18-5-3-4-6-21(18)30(25(31)33)14-22-28-23(29-34-22)16-9-12-20(27)19(26)13-16/h3-13H,2,14H2,1H3. The number of fused-ring (bicyclic) bond motifs is 1. The molecule has 0 saturated heterocycles. The van der Waals surface area contributed by atoms with Gasteiger partial charge in [-0.1, -0.05) is 47.9 Å². The van der Waals surface area contributed by atoms with E-state index in [-0.39, 0.29) is 23.3 Å². The fourth-order valence-electron chi connectivity index (χ4n) is 3.79. The lowest BCUT2D eigenvalue weighted by Gasteiger charge is -2.13. The molecule has 0 N–H and O–H groups in total. The van der Waals surface area contributed by atoms with Crippen LogP contribution in [0.1, 0.15) is 18.4 Å². The maximum absolute atomic E-state index is 13.5. The van der Waals surface area contributed by atoms with Crippen molar-refractivity contribution in [2.45, 2.75) is 19.9 Å². The third-order valence-corrected chi connectivity index (χ3v) is 5.88. The summed E-state index contributed by atoms with van der Waals surface area (Å²) in [6.07, 6.45) is 0.843. The van der Waals surface area contributed by atoms with E-state index in [0.717, 1.165) is 16.6 Å². The van der Waals surface area contributed by atoms with Gasteiger partial charge in [-0.3, -0.25) is 9.36 Å². The minimum Gasteiger partial charge on any atom is -0.337 e. The van der Waals surface area contributed by atoms with Crippen molar-refractivity contribution in [1.82, 2.24) is 19.3 Å². The summed E-state index contributed by atoms with van der Waals surface area (Å²) < 4.78 is 21.4. The van der Waals surface area contributed by atoms with Gasteiger partial charge in [0.05, 0.1) is 21.6 Å². The van der Waals surface area contributed by atoms with E-state index in [1.807, 2.05) is 19.1 Å². The Morgan fingerprint density at radius 2 is 1.79 bits per heavy atom. The van der Waals surface area contributed by atoms with Gasteiger partial charge in [0.25, 0.3) is 5.56 Å². The third-order valence-electron chi connectivity index (χ3n) is 5.59. The van der Waals surface area contributed by atoms with E-state index in [0.29, 0.717) is 22.2 Å². The first-order chi connectivity index (χ1) is 16.5. The molecule has 3 aromatic carbocycles. The average Bonchev–Trinajstić information content (AvgIpc) is 3.33. The highest BCUT2D eigenvalue weighted by Crippen LogP contribution is 2.23. The van der Waals surface area contributed by atoms with E-state index in [4.69, 9.17) is 16.1 Å².